The molecule has 0 N–H and O–H groups in total. The van der Waals surface area contributed by atoms with Crippen LogP contribution in [0.2, 0.25) is 0 Å². The Morgan fingerprint density at radius 1 is 1.25 bits per heavy atom. The molecule has 0 heterocycles. The van der Waals surface area contributed by atoms with Crippen LogP contribution in [0.1, 0.15) is 40.5 Å². The maximum absolute atomic E-state index is 11.3. The van der Waals surface area contributed by atoms with Crippen molar-refractivity contribution in [3.8, 4) is 0 Å². The van der Waals surface area contributed by atoms with Gasteiger partial charge in [-0.3, -0.25) is 0 Å². The largest absolute Gasteiger partial charge is 0.462 e. The zero-order valence-electron chi connectivity index (χ0n) is 8.44. The van der Waals surface area contributed by atoms with Crippen molar-refractivity contribution in [2.45, 2.75) is 40.5 Å². The van der Waals surface area contributed by atoms with E-state index >= 15 is 0 Å². The highest BCUT2D eigenvalue weighted by atomic mass is 16.5. The van der Waals surface area contributed by atoms with Gasteiger partial charge in [-0.25, -0.2) is 4.79 Å². The molecule has 0 fully saturated rings. The minimum absolute atomic E-state index is 0.153. The van der Waals surface area contributed by atoms with Crippen LogP contribution >= 0.6 is 0 Å². The molecule has 0 aromatic heterocycles. The van der Waals surface area contributed by atoms with Crippen LogP contribution in [0.25, 0.3) is 0 Å². The monoisotopic (exact) mass is 170 g/mol. The summed E-state index contributed by atoms with van der Waals surface area (Å²) in [5.74, 6) is -0.153. The molecule has 0 aromatic carbocycles. The van der Waals surface area contributed by atoms with Gasteiger partial charge in [-0.1, -0.05) is 19.4 Å². The summed E-state index contributed by atoms with van der Waals surface area (Å²) in [4.78, 5) is 11.3. The Morgan fingerprint density at radius 2 is 1.83 bits per heavy atom. The van der Waals surface area contributed by atoms with Crippen LogP contribution in [0.4, 0.5) is 0 Å². The number of carbonyl (C=O) groups is 1. The van der Waals surface area contributed by atoms with Crippen molar-refractivity contribution in [2.24, 2.45) is 0 Å². The van der Waals surface area contributed by atoms with Gasteiger partial charge in [0.15, 0.2) is 0 Å². The zero-order chi connectivity index (χ0) is 9.56. The van der Waals surface area contributed by atoms with Gasteiger partial charge in [0, 0.05) is 5.57 Å². The van der Waals surface area contributed by atoms with E-state index < -0.39 is 0 Å². The van der Waals surface area contributed by atoms with Crippen LogP contribution < -0.4 is 0 Å². The fourth-order valence-electron chi connectivity index (χ4n) is 0.984. The van der Waals surface area contributed by atoms with Crippen molar-refractivity contribution in [1.82, 2.24) is 0 Å². The van der Waals surface area contributed by atoms with Crippen molar-refractivity contribution in [2.75, 3.05) is 6.61 Å². The predicted octanol–water partition coefficient (Wildman–Crippen LogP) is 2.69. The van der Waals surface area contributed by atoms with E-state index in [1.807, 2.05) is 27.7 Å². The molecule has 2 nitrogen and oxygen atoms in total. The lowest BCUT2D eigenvalue weighted by Gasteiger charge is -2.06. The van der Waals surface area contributed by atoms with Crippen LogP contribution in [-0.4, -0.2) is 12.6 Å². The average molecular weight is 170 g/mol. The molecule has 2 heteroatoms. The van der Waals surface area contributed by atoms with Gasteiger partial charge in [0.05, 0.1) is 6.61 Å². The molecule has 0 atom stereocenters. The quantitative estimate of drug-likeness (QED) is 0.479. The number of esters is 1. The summed E-state index contributed by atoms with van der Waals surface area (Å²) in [5, 5.41) is 0. The van der Waals surface area contributed by atoms with Gasteiger partial charge in [0.2, 0.25) is 0 Å². The Morgan fingerprint density at radius 3 is 2.17 bits per heavy atom. The molecule has 0 aromatic rings. The third kappa shape index (κ3) is 3.56. The van der Waals surface area contributed by atoms with E-state index in [2.05, 4.69) is 0 Å². The number of rotatable bonds is 4. The average Bonchev–Trinajstić information content (AvgIpc) is 2.01. The Labute approximate surface area is 74.6 Å². The van der Waals surface area contributed by atoms with Crippen LogP contribution in [0.3, 0.4) is 0 Å². The zero-order valence-corrected chi connectivity index (χ0v) is 8.44. The fourth-order valence-corrected chi connectivity index (χ4v) is 0.984. The third-order valence-electron chi connectivity index (χ3n) is 1.64. The minimum Gasteiger partial charge on any atom is -0.462 e. The highest BCUT2D eigenvalue weighted by Gasteiger charge is 2.09. The number of allylic oxidation sites excluding steroid dienone is 1. The molecule has 0 aliphatic heterocycles. The number of ether oxygens (including phenoxy) is 1. The molecule has 0 rings (SSSR count). The highest BCUT2D eigenvalue weighted by molar-refractivity contribution is 5.89. The first-order valence-corrected chi connectivity index (χ1v) is 4.46. The lowest BCUT2D eigenvalue weighted by Crippen LogP contribution is -2.09. The summed E-state index contributed by atoms with van der Waals surface area (Å²) in [6, 6.07) is 0. The topological polar surface area (TPSA) is 26.3 Å². The summed E-state index contributed by atoms with van der Waals surface area (Å²) in [6.07, 6.45) is 1.64. The Bertz CT molecular complexity index is 176. The molecule has 0 bridgehead atoms. The molecular formula is C10H18O2. The van der Waals surface area contributed by atoms with Crippen LogP contribution in [0.5, 0.6) is 0 Å². The van der Waals surface area contributed by atoms with E-state index in [0.717, 1.165) is 24.0 Å². The first-order chi connectivity index (χ1) is 5.63. The second kappa shape index (κ2) is 5.81. The van der Waals surface area contributed by atoms with Gasteiger partial charge in [-0.05, 0) is 26.7 Å². The molecular weight excluding hydrogens is 152 g/mol. The van der Waals surface area contributed by atoms with Gasteiger partial charge in [0.25, 0.3) is 0 Å². The van der Waals surface area contributed by atoms with Crippen molar-refractivity contribution in [3.05, 3.63) is 11.1 Å². The first kappa shape index (κ1) is 11.2. The third-order valence-corrected chi connectivity index (χ3v) is 1.64. The van der Waals surface area contributed by atoms with E-state index in [1.54, 1.807) is 0 Å². The normalized spacial score (nSPS) is 9.33. The number of carbonyl (C=O) groups excluding carboxylic acids is 1. The van der Waals surface area contributed by atoms with Gasteiger partial charge in [-0.2, -0.15) is 0 Å². The first-order valence-electron chi connectivity index (χ1n) is 4.46. The van der Waals surface area contributed by atoms with Crippen LogP contribution in [-0.2, 0) is 9.53 Å². The lowest BCUT2D eigenvalue weighted by atomic mass is 10.1. The van der Waals surface area contributed by atoms with Crippen molar-refractivity contribution >= 4 is 5.97 Å². The van der Waals surface area contributed by atoms with E-state index in [-0.39, 0.29) is 5.97 Å². The molecule has 0 saturated heterocycles. The standard InChI is InChI=1S/C10H18O2/c1-5-7-12-10(11)9(6-2)8(3)4/h5-7H2,1-4H3. The summed E-state index contributed by atoms with van der Waals surface area (Å²) in [5.41, 5.74) is 1.86. The molecule has 0 aliphatic rings. The molecule has 0 radical (unpaired) electrons. The number of hydrogen-bond donors (Lipinski definition) is 0. The summed E-state index contributed by atoms with van der Waals surface area (Å²) < 4.78 is 5.01. The smallest absolute Gasteiger partial charge is 0.333 e. The molecule has 0 saturated carbocycles. The molecule has 0 amide bonds. The molecule has 12 heavy (non-hydrogen) atoms. The van der Waals surface area contributed by atoms with Gasteiger partial charge < -0.3 is 4.74 Å². The predicted molar refractivity (Wildman–Crippen MR) is 49.9 cm³/mol. The van der Waals surface area contributed by atoms with Gasteiger partial charge in [0.1, 0.15) is 0 Å². The summed E-state index contributed by atoms with van der Waals surface area (Å²) >= 11 is 0. The maximum atomic E-state index is 11.3. The summed E-state index contributed by atoms with van der Waals surface area (Å²) in [7, 11) is 0. The minimum atomic E-state index is -0.153. The molecule has 0 spiro atoms. The second-order valence-electron chi connectivity index (χ2n) is 2.97. The fraction of sp³-hybridized carbons (Fsp3) is 0.700. The van der Waals surface area contributed by atoms with E-state index in [0.29, 0.717) is 6.61 Å². The van der Waals surface area contributed by atoms with Crippen LogP contribution in [0, 0.1) is 0 Å². The maximum Gasteiger partial charge on any atom is 0.333 e. The Balaban J connectivity index is 4.15. The number of hydrogen-bond acceptors (Lipinski definition) is 2. The second-order valence-corrected chi connectivity index (χ2v) is 2.97. The summed E-state index contributed by atoms with van der Waals surface area (Å²) in [6.45, 7) is 8.35. The Kier molecular flexibility index (Phi) is 5.43. The van der Waals surface area contributed by atoms with Gasteiger partial charge in [-0.15, -0.1) is 0 Å². The van der Waals surface area contributed by atoms with Crippen LogP contribution in [0.15, 0.2) is 11.1 Å². The van der Waals surface area contributed by atoms with Crippen molar-refractivity contribution in [1.29, 1.82) is 0 Å². The molecule has 0 aliphatic carbocycles. The molecule has 70 valence electrons. The lowest BCUT2D eigenvalue weighted by molar-refractivity contribution is -0.139. The Hall–Kier alpha value is -0.790. The SMILES string of the molecule is CCCOC(=O)C(CC)=C(C)C. The van der Waals surface area contributed by atoms with Gasteiger partial charge >= 0.3 is 5.97 Å². The highest BCUT2D eigenvalue weighted by Crippen LogP contribution is 2.09. The van der Waals surface area contributed by atoms with E-state index in [4.69, 9.17) is 4.74 Å². The van der Waals surface area contributed by atoms with Crippen molar-refractivity contribution < 1.29 is 9.53 Å². The van der Waals surface area contributed by atoms with E-state index in [1.165, 1.54) is 0 Å². The van der Waals surface area contributed by atoms with E-state index in [9.17, 15) is 4.79 Å². The van der Waals surface area contributed by atoms with Crippen molar-refractivity contribution in [3.63, 3.8) is 0 Å². The molecule has 0 unspecified atom stereocenters.